The summed E-state index contributed by atoms with van der Waals surface area (Å²) in [5.74, 6) is 0.441. The van der Waals surface area contributed by atoms with Crippen molar-refractivity contribution in [2.24, 2.45) is 52.3 Å². The molecular formula is C27H40O4. The molecule has 0 heterocycles. The molecule has 4 rings (SSSR count). The monoisotopic (exact) mass is 428 g/mol. The lowest BCUT2D eigenvalue weighted by molar-refractivity contribution is -0.157. The van der Waals surface area contributed by atoms with Crippen molar-refractivity contribution in [3.8, 4) is 0 Å². The number of fused-ring (bicyclic) bond motifs is 6. The molecule has 1 N–H and O–H groups in total. The number of Topliss-reactive ketones (excluding diaryl/α,β-unsaturated/α-hetero) is 1. The number of ketones is 2. The molecule has 0 unspecified atom stereocenters. The molecule has 0 aromatic carbocycles. The predicted octanol–water partition coefficient (Wildman–Crippen LogP) is 5.70. The number of carbonyl (C=O) groups excluding carboxylic acids is 2. The first-order valence-electron chi connectivity index (χ1n) is 12.5. The van der Waals surface area contributed by atoms with Crippen LogP contribution in [0.1, 0.15) is 86.0 Å². The zero-order chi connectivity index (χ0) is 22.7. The number of hydrogen-bond acceptors (Lipinski definition) is 3. The van der Waals surface area contributed by atoms with E-state index in [2.05, 4.69) is 27.7 Å². The topological polar surface area (TPSA) is 71.4 Å². The summed E-state index contributed by atoms with van der Waals surface area (Å²) in [6, 6.07) is 0. The Bertz CT molecular complexity index is 810. The van der Waals surface area contributed by atoms with Crippen LogP contribution in [0.2, 0.25) is 0 Å². The minimum absolute atomic E-state index is 0.0553. The van der Waals surface area contributed by atoms with Crippen LogP contribution in [0.15, 0.2) is 11.6 Å². The Morgan fingerprint density at radius 3 is 2.45 bits per heavy atom. The fourth-order valence-corrected chi connectivity index (χ4v) is 8.45. The van der Waals surface area contributed by atoms with Gasteiger partial charge in [0.05, 0.1) is 5.92 Å². The highest BCUT2D eigenvalue weighted by atomic mass is 16.4. The SMILES string of the molecule is CC(C)CCC[C@@H](C)[C@H]1CC[C@H]2[C@@H]3C(=O)[C@H]4C[C@](C)(C(C(=O)O)=CC4=O)[C@H]3CC[C@]12C. The first-order valence-corrected chi connectivity index (χ1v) is 12.5. The Labute approximate surface area is 187 Å². The van der Waals surface area contributed by atoms with E-state index < -0.39 is 17.3 Å². The van der Waals surface area contributed by atoms with Crippen molar-refractivity contribution in [1.82, 2.24) is 0 Å². The van der Waals surface area contributed by atoms with Crippen LogP contribution in [-0.2, 0) is 14.4 Å². The number of hydrogen-bond donors (Lipinski definition) is 1. The standard InChI is InChI=1S/C27H40O4/c1-15(2)7-6-8-16(3)18-9-10-19-23-20(11-12-26(18,19)4)27(5)14-17(24(23)29)22(28)13-21(27)25(30)31/h13,15-20,23H,6-12,14H2,1-5H3,(H,30,31)/t16-,17+,18-,19+,20+,23+,26-,27+/m1/s1. The number of rotatable bonds is 6. The molecule has 0 aromatic rings. The largest absolute Gasteiger partial charge is 0.478 e. The summed E-state index contributed by atoms with van der Waals surface area (Å²) < 4.78 is 0. The van der Waals surface area contributed by atoms with Gasteiger partial charge in [-0.25, -0.2) is 4.79 Å². The summed E-state index contributed by atoms with van der Waals surface area (Å²) in [6.45, 7) is 11.4. The van der Waals surface area contributed by atoms with Crippen molar-refractivity contribution in [2.45, 2.75) is 86.0 Å². The van der Waals surface area contributed by atoms with Gasteiger partial charge in [0.1, 0.15) is 5.78 Å². The Balaban J connectivity index is 1.62. The number of carbonyl (C=O) groups is 3. The first kappa shape index (κ1) is 22.7. The summed E-state index contributed by atoms with van der Waals surface area (Å²) in [5, 5.41) is 9.86. The minimum Gasteiger partial charge on any atom is -0.478 e. The van der Waals surface area contributed by atoms with E-state index in [4.69, 9.17) is 0 Å². The van der Waals surface area contributed by atoms with Crippen molar-refractivity contribution in [2.75, 3.05) is 0 Å². The van der Waals surface area contributed by atoms with Gasteiger partial charge in [-0.15, -0.1) is 0 Å². The van der Waals surface area contributed by atoms with Gasteiger partial charge in [-0.1, -0.05) is 53.9 Å². The van der Waals surface area contributed by atoms with Gasteiger partial charge < -0.3 is 5.11 Å². The zero-order valence-corrected chi connectivity index (χ0v) is 19.9. The van der Waals surface area contributed by atoms with Gasteiger partial charge in [-0.2, -0.15) is 0 Å². The number of aliphatic carboxylic acids is 1. The summed E-state index contributed by atoms with van der Waals surface area (Å²) in [5.41, 5.74) is -0.186. The molecule has 3 saturated carbocycles. The van der Waals surface area contributed by atoms with E-state index in [1.165, 1.54) is 25.3 Å². The third kappa shape index (κ3) is 3.43. The number of allylic oxidation sites excluding steroid dienone is 1. The van der Waals surface area contributed by atoms with Gasteiger partial charge in [0.25, 0.3) is 0 Å². The molecule has 3 fully saturated rings. The van der Waals surface area contributed by atoms with Gasteiger partial charge in [-0.3, -0.25) is 9.59 Å². The van der Waals surface area contributed by atoms with Crippen LogP contribution in [0.25, 0.3) is 0 Å². The van der Waals surface area contributed by atoms with Gasteiger partial charge in [0.15, 0.2) is 5.78 Å². The van der Waals surface area contributed by atoms with Gasteiger partial charge in [0, 0.05) is 16.9 Å². The summed E-state index contributed by atoms with van der Waals surface area (Å²) in [7, 11) is 0. The highest BCUT2D eigenvalue weighted by Crippen LogP contribution is 2.67. The Morgan fingerprint density at radius 2 is 1.81 bits per heavy atom. The molecule has 4 aliphatic rings. The highest BCUT2D eigenvalue weighted by Gasteiger charge is 2.65. The van der Waals surface area contributed by atoms with Crippen LogP contribution >= 0.6 is 0 Å². The third-order valence-electron chi connectivity index (χ3n) is 10.1. The van der Waals surface area contributed by atoms with E-state index in [9.17, 15) is 19.5 Å². The fraction of sp³-hybridized carbons (Fsp3) is 0.815. The number of carboxylic acids is 1. The molecular weight excluding hydrogens is 388 g/mol. The molecule has 0 aromatic heterocycles. The van der Waals surface area contributed by atoms with E-state index in [-0.39, 0.29) is 34.4 Å². The number of carboxylic acid groups (broad SMARTS) is 1. The minimum atomic E-state index is -0.987. The molecule has 4 nitrogen and oxygen atoms in total. The molecule has 2 bridgehead atoms. The van der Waals surface area contributed by atoms with Crippen molar-refractivity contribution in [1.29, 1.82) is 0 Å². The average molecular weight is 429 g/mol. The first-order chi connectivity index (χ1) is 14.5. The maximum Gasteiger partial charge on any atom is 0.332 e. The Kier molecular flexibility index (Phi) is 5.75. The normalized spacial score (nSPS) is 42.8. The smallest absolute Gasteiger partial charge is 0.332 e. The summed E-state index contributed by atoms with van der Waals surface area (Å²) in [4.78, 5) is 38.4. The third-order valence-corrected chi connectivity index (χ3v) is 10.1. The van der Waals surface area contributed by atoms with Crippen LogP contribution in [0.3, 0.4) is 0 Å². The Morgan fingerprint density at radius 1 is 1.10 bits per heavy atom. The van der Waals surface area contributed by atoms with Crippen LogP contribution in [0.4, 0.5) is 0 Å². The van der Waals surface area contributed by atoms with Crippen LogP contribution < -0.4 is 0 Å². The van der Waals surface area contributed by atoms with Gasteiger partial charge in [-0.05, 0) is 73.2 Å². The lowest BCUT2D eigenvalue weighted by Crippen LogP contribution is -2.59. The van der Waals surface area contributed by atoms with Crippen LogP contribution in [-0.4, -0.2) is 22.6 Å². The quantitative estimate of drug-likeness (QED) is 0.551. The lowest BCUT2D eigenvalue weighted by Gasteiger charge is -2.58. The van der Waals surface area contributed by atoms with Crippen molar-refractivity contribution >= 4 is 17.5 Å². The molecule has 4 heteroatoms. The van der Waals surface area contributed by atoms with E-state index >= 15 is 0 Å². The van der Waals surface area contributed by atoms with E-state index in [0.717, 1.165) is 31.6 Å². The van der Waals surface area contributed by atoms with Crippen molar-refractivity contribution < 1.29 is 19.5 Å². The second-order valence-electron chi connectivity index (χ2n) is 12.1. The average Bonchev–Trinajstić information content (AvgIpc) is 3.04. The maximum absolute atomic E-state index is 13.6. The summed E-state index contributed by atoms with van der Waals surface area (Å²) >= 11 is 0. The highest BCUT2D eigenvalue weighted by molar-refractivity contribution is 6.13. The second kappa shape index (κ2) is 7.85. The van der Waals surface area contributed by atoms with E-state index in [1.807, 2.05) is 6.92 Å². The fourth-order valence-electron chi connectivity index (χ4n) is 8.45. The second-order valence-corrected chi connectivity index (χ2v) is 12.1. The predicted molar refractivity (Wildman–Crippen MR) is 120 cm³/mol. The van der Waals surface area contributed by atoms with Gasteiger partial charge in [0.2, 0.25) is 0 Å². The molecule has 0 radical (unpaired) electrons. The van der Waals surface area contributed by atoms with Crippen molar-refractivity contribution in [3.05, 3.63) is 11.6 Å². The van der Waals surface area contributed by atoms with Crippen LogP contribution in [0, 0.1) is 52.3 Å². The molecule has 172 valence electrons. The lowest BCUT2D eigenvalue weighted by atomic mass is 9.44. The molecule has 31 heavy (non-hydrogen) atoms. The maximum atomic E-state index is 13.6. The molecule has 0 saturated heterocycles. The van der Waals surface area contributed by atoms with E-state index in [0.29, 0.717) is 24.2 Å². The van der Waals surface area contributed by atoms with Crippen molar-refractivity contribution in [3.63, 3.8) is 0 Å². The molecule has 0 aliphatic heterocycles. The zero-order valence-electron chi connectivity index (χ0n) is 19.9. The molecule has 8 atom stereocenters. The molecule has 0 spiro atoms. The van der Waals surface area contributed by atoms with Crippen LogP contribution in [0.5, 0.6) is 0 Å². The Hall–Kier alpha value is -1.45. The summed E-state index contributed by atoms with van der Waals surface area (Å²) in [6.07, 6.45) is 9.65. The van der Waals surface area contributed by atoms with Gasteiger partial charge >= 0.3 is 5.97 Å². The van der Waals surface area contributed by atoms with E-state index in [1.54, 1.807) is 0 Å². The molecule has 0 amide bonds. The molecule has 4 aliphatic carbocycles.